The normalized spacial score (nSPS) is 10.4. The molecule has 1 heterocycles. The maximum Gasteiger partial charge on any atom is 0.273 e. The van der Waals surface area contributed by atoms with Gasteiger partial charge >= 0.3 is 0 Å². The van der Waals surface area contributed by atoms with Crippen LogP contribution in [0, 0.1) is 0 Å². The van der Waals surface area contributed by atoms with Gasteiger partial charge in [0.25, 0.3) is 5.91 Å². The molecule has 25 heavy (non-hydrogen) atoms. The zero-order chi connectivity index (χ0) is 17.8. The predicted octanol–water partition coefficient (Wildman–Crippen LogP) is 4.00. The van der Waals surface area contributed by atoms with E-state index < -0.39 is 0 Å². The third-order valence-corrected chi connectivity index (χ3v) is 3.86. The Morgan fingerprint density at radius 1 is 1.08 bits per heavy atom. The SMILES string of the molecule is COc1ccc(-c2cc(C(=O)Nc3ccc(Cl)cc3)[nH]n2)c(OC)c1. The number of aromatic nitrogens is 2. The van der Waals surface area contributed by atoms with Gasteiger partial charge in [0, 0.05) is 22.3 Å². The second-order valence-electron chi connectivity index (χ2n) is 5.19. The van der Waals surface area contributed by atoms with Crippen LogP contribution in [-0.4, -0.2) is 30.3 Å². The number of amides is 1. The van der Waals surface area contributed by atoms with E-state index in [0.29, 0.717) is 33.6 Å². The van der Waals surface area contributed by atoms with Crippen molar-refractivity contribution in [2.75, 3.05) is 19.5 Å². The summed E-state index contributed by atoms with van der Waals surface area (Å²) in [5, 5.41) is 10.3. The molecule has 128 valence electrons. The second kappa shape index (κ2) is 7.27. The van der Waals surface area contributed by atoms with Gasteiger partial charge in [0.1, 0.15) is 17.2 Å². The van der Waals surface area contributed by atoms with Gasteiger partial charge in [0.2, 0.25) is 0 Å². The molecule has 2 N–H and O–H groups in total. The van der Waals surface area contributed by atoms with Crippen LogP contribution >= 0.6 is 11.6 Å². The molecule has 1 amide bonds. The Hall–Kier alpha value is -2.99. The average Bonchev–Trinajstić information content (AvgIpc) is 3.13. The highest BCUT2D eigenvalue weighted by atomic mass is 35.5. The Morgan fingerprint density at radius 2 is 1.84 bits per heavy atom. The molecule has 7 heteroatoms. The van der Waals surface area contributed by atoms with Gasteiger partial charge in [-0.25, -0.2) is 0 Å². The summed E-state index contributed by atoms with van der Waals surface area (Å²) in [5.74, 6) is 0.987. The van der Waals surface area contributed by atoms with Gasteiger partial charge < -0.3 is 14.8 Å². The number of rotatable bonds is 5. The van der Waals surface area contributed by atoms with E-state index in [9.17, 15) is 4.79 Å². The number of nitrogens with zero attached hydrogens (tertiary/aromatic N) is 1. The summed E-state index contributed by atoms with van der Waals surface area (Å²) < 4.78 is 10.6. The van der Waals surface area contributed by atoms with Gasteiger partial charge in [0.05, 0.1) is 19.9 Å². The summed E-state index contributed by atoms with van der Waals surface area (Å²) >= 11 is 5.84. The number of nitrogens with one attached hydrogen (secondary N) is 2. The van der Waals surface area contributed by atoms with E-state index in [1.54, 1.807) is 56.7 Å². The molecule has 2 aromatic carbocycles. The van der Waals surface area contributed by atoms with Crippen LogP contribution in [0.15, 0.2) is 48.5 Å². The van der Waals surface area contributed by atoms with E-state index in [1.807, 2.05) is 6.07 Å². The quantitative estimate of drug-likeness (QED) is 0.723. The lowest BCUT2D eigenvalue weighted by Gasteiger charge is -2.08. The largest absolute Gasteiger partial charge is 0.497 e. The maximum absolute atomic E-state index is 12.3. The van der Waals surface area contributed by atoms with Gasteiger partial charge in [-0.05, 0) is 42.5 Å². The molecule has 3 rings (SSSR count). The van der Waals surface area contributed by atoms with Crippen molar-refractivity contribution >= 4 is 23.2 Å². The lowest BCUT2D eigenvalue weighted by atomic mass is 10.1. The number of anilines is 1. The Labute approximate surface area is 149 Å². The number of aromatic amines is 1. The summed E-state index contributed by atoms with van der Waals surface area (Å²) in [6, 6.07) is 13.9. The van der Waals surface area contributed by atoms with Crippen LogP contribution in [0.2, 0.25) is 5.02 Å². The molecule has 0 bridgehead atoms. The molecule has 3 aromatic rings. The lowest BCUT2D eigenvalue weighted by molar-refractivity contribution is 0.102. The summed E-state index contributed by atoms with van der Waals surface area (Å²) in [5.41, 5.74) is 2.33. The summed E-state index contributed by atoms with van der Waals surface area (Å²) in [7, 11) is 3.15. The molecule has 0 spiro atoms. The third kappa shape index (κ3) is 3.75. The number of carbonyl (C=O) groups excluding carboxylic acids is 1. The smallest absolute Gasteiger partial charge is 0.273 e. The highest BCUT2D eigenvalue weighted by molar-refractivity contribution is 6.30. The van der Waals surface area contributed by atoms with Crippen LogP contribution in [0.1, 0.15) is 10.5 Å². The molecule has 0 aliphatic carbocycles. The Balaban J connectivity index is 1.82. The first-order valence-electron chi connectivity index (χ1n) is 7.45. The highest BCUT2D eigenvalue weighted by Gasteiger charge is 2.14. The molecule has 1 aromatic heterocycles. The fraction of sp³-hybridized carbons (Fsp3) is 0.111. The van der Waals surface area contributed by atoms with Crippen molar-refractivity contribution in [1.82, 2.24) is 10.2 Å². The van der Waals surface area contributed by atoms with Crippen molar-refractivity contribution in [1.29, 1.82) is 0 Å². The molecule has 6 nitrogen and oxygen atoms in total. The topological polar surface area (TPSA) is 76.2 Å². The van der Waals surface area contributed by atoms with Gasteiger partial charge in [-0.2, -0.15) is 5.10 Å². The van der Waals surface area contributed by atoms with Crippen molar-refractivity contribution in [2.45, 2.75) is 0 Å². The van der Waals surface area contributed by atoms with Gasteiger partial charge in [-0.15, -0.1) is 0 Å². The van der Waals surface area contributed by atoms with E-state index in [1.165, 1.54) is 0 Å². The molecule has 0 fully saturated rings. The number of ether oxygens (including phenoxy) is 2. The summed E-state index contributed by atoms with van der Waals surface area (Å²) in [4.78, 5) is 12.3. The number of halogens is 1. The monoisotopic (exact) mass is 357 g/mol. The van der Waals surface area contributed by atoms with E-state index in [4.69, 9.17) is 21.1 Å². The first kappa shape index (κ1) is 16.9. The van der Waals surface area contributed by atoms with E-state index in [0.717, 1.165) is 5.56 Å². The molecule has 0 saturated carbocycles. The van der Waals surface area contributed by atoms with Gasteiger partial charge in [-0.3, -0.25) is 9.89 Å². The number of carbonyl (C=O) groups is 1. The van der Waals surface area contributed by atoms with Crippen LogP contribution in [0.4, 0.5) is 5.69 Å². The fourth-order valence-electron chi connectivity index (χ4n) is 2.32. The highest BCUT2D eigenvalue weighted by Crippen LogP contribution is 2.32. The summed E-state index contributed by atoms with van der Waals surface area (Å²) in [6.45, 7) is 0. The van der Waals surface area contributed by atoms with Crippen LogP contribution < -0.4 is 14.8 Å². The minimum Gasteiger partial charge on any atom is -0.497 e. The van der Waals surface area contributed by atoms with Crippen molar-refractivity contribution in [3.8, 4) is 22.8 Å². The number of methoxy groups -OCH3 is 2. The third-order valence-electron chi connectivity index (χ3n) is 3.61. The van der Waals surface area contributed by atoms with Crippen molar-refractivity contribution in [2.24, 2.45) is 0 Å². The van der Waals surface area contributed by atoms with Crippen LogP contribution in [0.25, 0.3) is 11.3 Å². The van der Waals surface area contributed by atoms with Crippen molar-refractivity contribution in [3.05, 3.63) is 59.2 Å². The average molecular weight is 358 g/mol. The zero-order valence-corrected chi connectivity index (χ0v) is 14.4. The van der Waals surface area contributed by atoms with Gasteiger partial charge in [-0.1, -0.05) is 11.6 Å². The molecule has 0 unspecified atom stereocenters. The molecular formula is C18H16ClN3O3. The molecule has 0 atom stereocenters. The minimum atomic E-state index is -0.298. The van der Waals surface area contributed by atoms with Crippen LogP contribution in [0.5, 0.6) is 11.5 Å². The van der Waals surface area contributed by atoms with Crippen LogP contribution in [0.3, 0.4) is 0 Å². The predicted molar refractivity (Wildman–Crippen MR) is 96.5 cm³/mol. The first-order chi connectivity index (χ1) is 12.1. The number of hydrogen-bond acceptors (Lipinski definition) is 4. The van der Waals surface area contributed by atoms with E-state index in [2.05, 4.69) is 15.5 Å². The number of H-pyrrole nitrogens is 1. The minimum absolute atomic E-state index is 0.298. The molecule has 0 saturated heterocycles. The Morgan fingerprint density at radius 3 is 2.52 bits per heavy atom. The van der Waals surface area contributed by atoms with E-state index >= 15 is 0 Å². The fourth-order valence-corrected chi connectivity index (χ4v) is 2.44. The van der Waals surface area contributed by atoms with Gasteiger partial charge in [0.15, 0.2) is 0 Å². The first-order valence-corrected chi connectivity index (χ1v) is 7.83. The maximum atomic E-state index is 12.3. The number of hydrogen-bond donors (Lipinski definition) is 2. The standard InChI is InChI=1S/C18H16ClN3O3/c1-24-13-7-8-14(17(9-13)25-2)15-10-16(22-21-15)18(23)20-12-5-3-11(19)4-6-12/h3-10H,1-2H3,(H,20,23)(H,21,22). The molecule has 0 aliphatic heterocycles. The molecule has 0 radical (unpaired) electrons. The van der Waals surface area contributed by atoms with Crippen molar-refractivity contribution < 1.29 is 14.3 Å². The Bertz CT molecular complexity index is 891. The number of benzene rings is 2. The summed E-state index contributed by atoms with van der Waals surface area (Å²) in [6.07, 6.45) is 0. The van der Waals surface area contributed by atoms with Crippen LogP contribution in [-0.2, 0) is 0 Å². The molecule has 0 aliphatic rings. The zero-order valence-electron chi connectivity index (χ0n) is 13.7. The van der Waals surface area contributed by atoms with Crippen molar-refractivity contribution in [3.63, 3.8) is 0 Å². The van der Waals surface area contributed by atoms with E-state index in [-0.39, 0.29) is 5.91 Å². The molecular weight excluding hydrogens is 342 g/mol. The lowest BCUT2D eigenvalue weighted by Crippen LogP contribution is -2.12. The Kier molecular flexibility index (Phi) is 4.90. The second-order valence-corrected chi connectivity index (χ2v) is 5.63.